The number of nitro groups is 1. The van der Waals surface area contributed by atoms with E-state index in [0.717, 1.165) is 11.8 Å². The van der Waals surface area contributed by atoms with Gasteiger partial charge in [0.1, 0.15) is 6.61 Å². The quantitative estimate of drug-likeness (QED) is 0.223. The van der Waals surface area contributed by atoms with Crippen LogP contribution in [0.15, 0.2) is 34.2 Å². The molecule has 2 aliphatic heterocycles. The van der Waals surface area contributed by atoms with Crippen LogP contribution in [-0.2, 0) is 25.7 Å². The Morgan fingerprint density at radius 2 is 2.07 bits per heavy atom. The molecule has 3 rings (SSSR count). The van der Waals surface area contributed by atoms with Gasteiger partial charge in [0.15, 0.2) is 5.70 Å². The van der Waals surface area contributed by atoms with Gasteiger partial charge in [-0.05, 0) is 35.7 Å². The molecule has 11 heteroatoms. The van der Waals surface area contributed by atoms with E-state index in [1.54, 1.807) is 0 Å². The summed E-state index contributed by atoms with van der Waals surface area (Å²) in [5, 5.41) is 10.4. The molecule has 27 heavy (non-hydrogen) atoms. The first-order valence-corrected chi connectivity index (χ1v) is 10.8. The molecular formula is C16H14N2O6S3. The maximum absolute atomic E-state index is 12.7. The van der Waals surface area contributed by atoms with Crippen LogP contribution in [0.5, 0.6) is 0 Å². The fourth-order valence-electron chi connectivity index (χ4n) is 2.46. The van der Waals surface area contributed by atoms with Crippen molar-refractivity contribution in [3.8, 4) is 0 Å². The number of non-ortho nitro benzene ring substituents is 1. The van der Waals surface area contributed by atoms with E-state index in [1.807, 2.05) is 6.26 Å². The zero-order valence-corrected chi connectivity index (χ0v) is 16.5. The number of nitrogens with zero attached hydrogens (tertiary/aromatic N) is 2. The number of benzene rings is 1. The van der Waals surface area contributed by atoms with Crippen LogP contribution in [0.1, 0.15) is 12.0 Å². The van der Waals surface area contributed by atoms with Crippen molar-refractivity contribution >= 4 is 58.0 Å². The number of rotatable bonds is 6. The zero-order chi connectivity index (χ0) is 19.6. The van der Waals surface area contributed by atoms with Gasteiger partial charge in [0.25, 0.3) is 5.69 Å². The van der Waals surface area contributed by atoms with Crippen LogP contribution in [0.2, 0.25) is 0 Å². The highest BCUT2D eigenvalue weighted by Crippen LogP contribution is 2.44. The number of carbonyl (C=O) groups excluding carboxylic acids is 3. The maximum atomic E-state index is 12.7. The average Bonchev–Trinajstić information content (AvgIpc) is 3.08. The zero-order valence-electron chi connectivity index (χ0n) is 14.1. The Morgan fingerprint density at radius 3 is 2.59 bits per heavy atom. The van der Waals surface area contributed by atoms with Crippen molar-refractivity contribution in [1.82, 2.24) is 4.90 Å². The van der Waals surface area contributed by atoms with Crippen molar-refractivity contribution < 1.29 is 24.0 Å². The Balaban J connectivity index is 1.76. The molecule has 2 heterocycles. The van der Waals surface area contributed by atoms with Crippen molar-refractivity contribution in [1.29, 1.82) is 0 Å². The van der Waals surface area contributed by atoms with Gasteiger partial charge < -0.3 is 4.74 Å². The van der Waals surface area contributed by atoms with Crippen molar-refractivity contribution in [3.63, 3.8) is 0 Å². The molecule has 2 aliphatic rings. The molecule has 1 atom stereocenters. The molecule has 1 aromatic rings. The Hall–Kier alpha value is -1.98. The summed E-state index contributed by atoms with van der Waals surface area (Å²) in [4.78, 5) is 47.9. The van der Waals surface area contributed by atoms with Crippen molar-refractivity contribution in [3.05, 3.63) is 49.9 Å². The van der Waals surface area contributed by atoms with Crippen LogP contribution in [0.3, 0.4) is 0 Å². The van der Waals surface area contributed by atoms with E-state index < -0.39 is 10.9 Å². The van der Waals surface area contributed by atoms with Crippen molar-refractivity contribution in [2.75, 3.05) is 12.0 Å². The topological polar surface area (TPSA) is 107 Å². The Kier molecular flexibility index (Phi) is 6.12. The number of hydrogen-bond acceptors (Lipinski definition) is 9. The first kappa shape index (κ1) is 19.8. The molecule has 1 aromatic carbocycles. The van der Waals surface area contributed by atoms with Gasteiger partial charge in [0, 0.05) is 12.1 Å². The monoisotopic (exact) mass is 426 g/mol. The minimum Gasteiger partial charge on any atom is -0.456 e. The van der Waals surface area contributed by atoms with Gasteiger partial charge in [-0.3, -0.25) is 24.6 Å². The third kappa shape index (κ3) is 4.30. The number of carbonyl (C=O) groups is 3. The van der Waals surface area contributed by atoms with Crippen LogP contribution in [0, 0.1) is 10.1 Å². The number of ether oxygens (including phenoxy) is 1. The highest BCUT2D eigenvalue weighted by atomic mass is 32.2. The Labute approximate surface area is 167 Å². The van der Waals surface area contributed by atoms with Crippen molar-refractivity contribution in [2.24, 2.45) is 0 Å². The molecule has 0 spiro atoms. The molecule has 2 fully saturated rings. The third-order valence-corrected chi connectivity index (χ3v) is 7.17. The second-order valence-electron chi connectivity index (χ2n) is 5.56. The van der Waals surface area contributed by atoms with Gasteiger partial charge in [0.05, 0.1) is 26.7 Å². The number of amides is 1. The Bertz CT molecular complexity index is 839. The summed E-state index contributed by atoms with van der Waals surface area (Å²) in [6.45, 7) is -0.0944. The summed E-state index contributed by atoms with van der Waals surface area (Å²) in [7, 11) is 0. The van der Waals surface area contributed by atoms with E-state index in [0.29, 0.717) is 16.2 Å². The summed E-state index contributed by atoms with van der Waals surface area (Å²) in [6.07, 6.45) is 2.17. The normalized spacial score (nSPS) is 21.1. The van der Waals surface area contributed by atoms with E-state index in [1.165, 1.54) is 52.7 Å². The van der Waals surface area contributed by atoms with Gasteiger partial charge in [0.2, 0.25) is 11.0 Å². The smallest absolute Gasteiger partial charge is 0.357 e. The van der Waals surface area contributed by atoms with Gasteiger partial charge in [-0.25, -0.2) is 4.79 Å². The lowest BCUT2D eigenvalue weighted by Crippen LogP contribution is -2.51. The standard InChI is InChI=1S/C16H14N2O6S3/c1-25-12-6-11(19)17(12)14(16-26-8-13(20)27-16)15(21)24-7-9-2-4-10(5-3-9)18(22)23/h2-5,12H,6-8H2,1H3. The fraction of sp³-hybridized carbons (Fsp3) is 0.312. The third-order valence-electron chi connectivity index (χ3n) is 3.85. The molecule has 8 nitrogen and oxygen atoms in total. The fourth-order valence-corrected chi connectivity index (χ4v) is 5.36. The molecular weight excluding hydrogens is 412 g/mol. The molecule has 2 saturated heterocycles. The van der Waals surface area contributed by atoms with Crippen LogP contribution in [0.4, 0.5) is 5.69 Å². The highest BCUT2D eigenvalue weighted by molar-refractivity contribution is 8.34. The lowest BCUT2D eigenvalue weighted by Gasteiger charge is -2.40. The lowest BCUT2D eigenvalue weighted by molar-refractivity contribution is -0.384. The van der Waals surface area contributed by atoms with E-state index in [4.69, 9.17) is 4.74 Å². The molecule has 1 amide bonds. The predicted octanol–water partition coefficient (Wildman–Crippen LogP) is 2.74. The maximum Gasteiger partial charge on any atom is 0.357 e. The minimum atomic E-state index is -0.690. The van der Waals surface area contributed by atoms with Crippen LogP contribution in [-0.4, -0.2) is 44.2 Å². The summed E-state index contributed by atoms with van der Waals surface area (Å²) >= 11 is 3.61. The number of likely N-dealkylation sites (tertiary alicyclic amines) is 1. The van der Waals surface area contributed by atoms with Gasteiger partial charge >= 0.3 is 5.97 Å². The molecule has 0 saturated carbocycles. The Morgan fingerprint density at radius 1 is 1.37 bits per heavy atom. The van der Waals surface area contributed by atoms with Crippen LogP contribution >= 0.6 is 35.3 Å². The second kappa shape index (κ2) is 8.36. The van der Waals surface area contributed by atoms with Gasteiger partial charge in [-0.2, -0.15) is 0 Å². The molecule has 0 aromatic heterocycles. The van der Waals surface area contributed by atoms with E-state index in [2.05, 4.69) is 0 Å². The molecule has 1 unspecified atom stereocenters. The molecule has 0 aliphatic carbocycles. The number of hydrogen-bond donors (Lipinski definition) is 0. The van der Waals surface area contributed by atoms with E-state index in [-0.39, 0.29) is 40.1 Å². The predicted molar refractivity (Wildman–Crippen MR) is 104 cm³/mol. The minimum absolute atomic E-state index is 0.0564. The van der Waals surface area contributed by atoms with E-state index >= 15 is 0 Å². The molecule has 0 radical (unpaired) electrons. The summed E-state index contributed by atoms with van der Waals surface area (Å²) < 4.78 is 5.80. The van der Waals surface area contributed by atoms with E-state index in [9.17, 15) is 24.5 Å². The number of esters is 1. The number of β-lactam (4-membered cyclic amide) rings is 1. The van der Waals surface area contributed by atoms with Gasteiger partial charge in [-0.15, -0.1) is 23.5 Å². The van der Waals surface area contributed by atoms with Crippen LogP contribution in [0.25, 0.3) is 0 Å². The molecule has 0 bridgehead atoms. The first-order valence-electron chi connectivity index (χ1n) is 7.73. The summed E-state index contributed by atoms with van der Waals surface area (Å²) in [5.41, 5.74) is 0.630. The SMILES string of the molecule is CSC1CC(=O)N1C(C(=O)OCc1ccc([N+](=O)[O-])cc1)=C1SCC(=O)S1. The summed E-state index contributed by atoms with van der Waals surface area (Å²) in [6, 6.07) is 5.65. The number of thioether (sulfide) groups is 3. The number of nitro benzene ring substituents is 1. The largest absolute Gasteiger partial charge is 0.456 e. The van der Waals surface area contributed by atoms with Crippen molar-refractivity contribution in [2.45, 2.75) is 18.4 Å². The van der Waals surface area contributed by atoms with Gasteiger partial charge in [-0.1, -0.05) is 0 Å². The first-order chi connectivity index (χ1) is 12.9. The second-order valence-corrected chi connectivity index (χ2v) is 8.88. The molecule has 0 N–H and O–H groups in total. The summed E-state index contributed by atoms with van der Waals surface area (Å²) in [5.74, 6) is -0.639. The highest BCUT2D eigenvalue weighted by Gasteiger charge is 2.43. The lowest BCUT2D eigenvalue weighted by atomic mass is 10.2. The average molecular weight is 426 g/mol. The van der Waals surface area contributed by atoms with Crippen LogP contribution < -0.4 is 0 Å². The molecule has 142 valence electrons.